The molecule has 0 spiro atoms. The summed E-state index contributed by atoms with van der Waals surface area (Å²) >= 11 is 24.9. The fraction of sp³-hybridized carbons (Fsp3) is 0.444. The summed E-state index contributed by atoms with van der Waals surface area (Å²) in [5.41, 5.74) is 4.37. The number of para-hydroxylation sites is 1. The van der Waals surface area contributed by atoms with E-state index in [1.807, 2.05) is 11.5 Å². The average Bonchev–Trinajstić information content (AvgIpc) is 3.41. The monoisotopic (exact) mass is 1110 g/mol. The van der Waals surface area contributed by atoms with Crippen molar-refractivity contribution >= 4 is 81.5 Å². The Morgan fingerprint density at radius 2 is 1.08 bits per heavy atom. The number of carbonyl (C=O) groups excluding carboxylic acids is 2. The minimum atomic E-state index is -0.596. The van der Waals surface area contributed by atoms with E-state index in [2.05, 4.69) is 63.8 Å². The number of halogens is 6. The van der Waals surface area contributed by atoms with E-state index < -0.39 is 12.1 Å². The summed E-state index contributed by atoms with van der Waals surface area (Å²) in [4.78, 5) is 47.1. The van der Waals surface area contributed by atoms with Gasteiger partial charge in [-0.1, -0.05) is 90.6 Å². The molecule has 0 saturated carbocycles. The second-order valence-corrected chi connectivity index (χ2v) is 21.2. The second-order valence-electron chi connectivity index (χ2n) is 19.5. The molecular formula is C54H66Cl4F2N12O3. The Labute approximate surface area is 458 Å². The third-order valence-corrected chi connectivity index (χ3v) is 15.7. The van der Waals surface area contributed by atoms with Crippen molar-refractivity contribution in [3.05, 3.63) is 134 Å². The van der Waals surface area contributed by atoms with Gasteiger partial charge in [0.25, 0.3) is 0 Å². The number of hydrogen-bond acceptors (Lipinski definition) is 12. The van der Waals surface area contributed by atoms with E-state index in [1.165, 1.54) is 12.1 Å². The predicted octanol–water partition coefficient (Wildman–Crippen LogP) is 10.8. The molecule has 4 aliphatic heterocycles. The lowest BCUT2D eigenvalue weighted by Crippen LogP contribution is -2.58. The van der Waals surface area contributed by atoms with Crippen molar-refractivity contribution in [3.8, 4) is 5.75 Å². The second kappa shape index (κ2) is 26.8. The molecule has 5 aromatic rings. The molecule has 15 nitrogen and oxygen atoms in total. The minimum Gasteiger partial charge on any atom is -0.410 e. The van der Waals surface area contributed by atoms with Crippen LogP contribution in [0.3, 0.4) is 0 Å². The Morgan fingerprint density at radius 1 is 0.627 bits per heavy atom. The number of likely N-dealkylation sites (tertiary alicyclic amines) is 2. The van der Waals surface area contributed by atoms with Gasteiger partial charge < -0.3 is 19.9 Å². The van der Waals surface area contributed by atoms with Gasteiger partial charge in [-0.2, -0.15) is 0 Å². The van der Waals surface area contributed by atoms with Gasteiger partial charge in [0.1, 0.15) is 29.0 Å². The summed E-state index contributed by atoms with van der Waals surface area (Å²) < 4.78 is 33.8. The number of aromatic nitrogens is 2. The van der Waals surface area contributed by atoms with Gasteiger partial charge in [-0.3, -0.25) is 30.3 Å². The smallest absolute Gasteiger partial charge is 0.410 e. The van der Waals surface area contributed by atoms with Crippen LogP contribution in [0.15, 0.2) is 91.3 Å². The van der Waals surface area contributed by atoms with Crippen LogP contribution in [0.1, 0.15) is 63.5 Å². The zero-order valence-corrected chi connectivity index (χ0v) is 45.4. The molecule has 0 bridgehead atoms. The van der Waals surface area contributed by atoms with E-state index in [-0.39, 0.29) is 11.6 Å². The first kappa shape index (κ1) is 56.1. The van der Waals surface area contributed by atoms with Crippen molar-refractivity contribution in [2.45, 2.75) is 89.6 Å². The molecule has 3 amide bonds. The van der Waals surface area contributed by atoms with E-state index in [4.69, 9.17) is 57.0 Å². The SMILES string of the molecule is CC[C@H]1CN(c2ncc(NC(=O)NN)cc2Cl)CCN1C1CCN(Cc2ccc(Cl)cc2F)CC1.CC[C@H]1CN(c2ncc(NC(=O)Oc3ccccc3)cc2Cl)CCN1C1CCN(Cc2ccc(Cl)cc2F)CC1. The van der Waals surface area contributed by atoms with Gasteiger partial charge in [0.15, 0.2) is 0 Å². The third-order valence-electron chi connectivity index (χ3n) is 14.7. The Balaban J connectivity index is 0.000000201. The number of benzene rings is 3. The number of rotatable bonds is 13. The third kappa shape index (κ3) is 15.1. The molecule has 9 rings (SSSR count). The topological polar surface area (TPSA) is 151 Å². The van der Waals surface area contributed by atoms with Crippen LogP contribution >= 0.6 is 46.4 Å². The number of piperazine rings is 2. The molecule has 21 heteroatoms. The quantitative estimate of drug-likeness (QED) is 0.0505. The molecule has 2 aromatic heterocycles. The van der Waals surface area contributed by atoms with Gasteiger partial charge in [0.05, 0.1) is 33.8 Å². The predicted molar refractivity (Wildman–Crippen MR) is 296 cm³/mol. The van der Waals surface area contributed by atoms with Crippen LogP contribution in [-0.2, 0) is 13.1 Å². The standard InChI is InChI=1S/C30H34Cl2FN5O2.C24H32Cl2FN7O/c1-2-24-20-37(29-27(32)17-23(18-34-29)35-30(39)40-26-6-4-3-5-7-26)14-15-38(24)25-10-12-36(13-11-25)19-21-8-9-22(31)16-28(21)33;1-2-19-15-33(23-21(26)12-18(13-29-23)30-24(35)31-28)9-10-34(19)20-5-7-32(8-6-20)14-16-3-4-17(25)11-22(16)27/h3-9,16-18,24-25H,2,10-15,19-20H2,1H3,(H,35,39);3-4,11-13,19-20H,2,5-10,14-15,28H2,1H3,(H2,30,31,35)/t24-;19-/m00/s1. The lowest BCUT2D eigenvalue weighted by Gasteiger charge is -2.47. The number of nitrogens with zero attached hydrogens (tertiary/aromatic N) is 8. The van der Waals surface area contributed by atoms with Crippen LogP contribution in [0.2, 0.25) is 20.1 Å². The molecule has 4 saturated heterocycles. The van der Waals surface area contributed by atoms with Crippen LogP contribution < -0.4 is 36.4 Å². The van der Waals surface area contributed by atoms with Crippen LogP contribution in [0.25, 0.3) is 0 Å². The molecule has 0 unspecified atom stereocenters. The number of nitrogens with one attached hydrogen (secondary N) is 3. The molecule has 3 aromatic carbocycles. The van der Waals surface area contributed by atoms with Crippen molar-refractivity contribution in [1.82, 2.24) is 35.0 Å². The lowest BCUT2D eigenvalue weighted by molar-refractivity contribution is 0.0607. The van der Waals surface area contributed by atoms with E-state index in [0.29, 0.717) is 85.6 Å². The summed E-state index contributed by atoms with van der Waals surface area (Å²) in [5.74, 6) is 6.55. The Bertz CT molecular complexity index is 2700. The summed E-state index contributed by atoms with van der Waals surface area (Å²) in [5, 5.41) is 7.11. The van der Waals surface area contributed by atoms with E-state index >= 15 is 0 Å². The number of nitrogens with two attached hydrogens (primary N) is 1. The molecule has 5 N–H and O–H groups in total. The highest BCUT2D eigenvalue weighted by Gasteiger charge is 2.36. The molecular weight excluding hydrogens is 1040 g/mol. The van der Waals surface area contributed by atoms with Crippen molar-refractivity contribution in [2.24, 2.45) is 5.84 Å². The first-order valence-electron chi connectivity index (χ1n) is 25.7. The molecule has 4 aliphatic rings. The van der Waals surface area contributed by atoms with Crippen LogP contribution in [0.4, 0.5) is 41.4 Å². The van der Waals surface area contributed by atoms with Crippen molar-refractivity contribution < 1.29 is 23.1 Å². The minimum absolute atomic E-state index is 0.236. The summed E-state index contributed by atoms with van der Waals surface area (Å²) in [6, 6.07) is 23.4. The fourth-order valence-corrected chi connectivity index (χ4v) is 11.7. The van der Waals surface area contributed by atoms with Crippen molar-refractivity contribution in [2.75, 3.05) is 85.9 Å². The maximum absolute atomic E-state index is 14.3. The molecule has 6 heterocycles. The highest BCUT2D eigenvalue weighted by molar-refractivity contribution is 6.33. The summed E-state index contributed by atoms with van der Waals surface area (Å²) in [6.45, 7) is 14.6. The molecule has 4 fully saturated rings. The highest BCUT2D eigenvalue weighted by Crippen LogP contribution is 2.33. The zero-order chi connectivity index (χ0) is 53.0. The van der Waals surface area contributed by atoms with Gasteiger partial charge in [-0.05, 0) is 113 Å². The number of hydrogen-bond donors (Lipinski definition) is 4. The van der Waals surface area contributed by atoms with Gasteiger partial charge in [-0.15, -0.1) is 0 Å². The normalized spacial score (nSPS) is 19.5. The molecule has 2 atom stereocenters. The van der Waals surface area contributed by atoms with Gasteiger partial charge in [-0.25, -0.2) is 34.2 Å². The van der Waals surface area contributed by atoms with Gasteiger partial charge >= 0.3 is 12.1 Å². The number of urea groups is 1. The molecule has 0 radical (unpaired) electrons. The Morgan fingerprint density at radius 3 is 1.49 bits per heavy atom. The molecule has 402 valence electrons. The number of piperidine rings is 2. The number of carbonyl (C=O) groups is 2. The van der Waals surface area contributed by atoms with Crippen molar-refractivity contribution in [3.63, 3.8) is 0 Å². The maximum atomic E-state index is 14.3. The first-order valence-corrected chi connectivity index (χ1v) is 27.2. The average molecular weight is 1110 g/mol. The summed E-state index contributed by atoms with van der Waals surface area (Å²) in [6.07, 6.45) is 8.90. The van der Waals surface area contributed by atoms with E-state index in [0.717, 1.165) is 116 Å². The number of hydrazine groups is 1. The largest absolute Gasteiger partial charge is 0.417 e. The molecule has 75 heavy (non-hydrogen) atoms. The highest BCUT2D eigenvalue weighted by atomic mass is 35.5. The van der Waals surface area contributed by atoms with Crippen molar-refractivity contribution in [1.29, 1.82) is 0 Å². The number of ether oxygens (including phenoxy) is 1. The fourth-order valence-electron chi connectivity index (χ4n) is 10.8. The Kier molecular flexibility index (Phi) is 20.1. The molecule has 0 aliphatic carbocycles. The first-order chi connectivity index (χ1) is 36.3. The summed E-state index contributed by atoms with van der Waals surface area (Å²) in [7, 11) is 0. The van der Waals surface area contributed by atoms with Crippen LogP contribution in [0.5, 0.6) is 5.75 Å². The number of anilines is 4. The van der Waals surface area contributed by atoms with E-state index in [1.54, 1.807) is 73.1 Å². The number of pyridine rings is 2. The lowest BCUT2D eigenvalue weighted by atomic mass is 9.97. The van der Waals surface area contributed by atoms with Crippen LogP contribution in [0, 0.1) is 11.6 Å². The maximum Gasteiger partial charge on any atom is 0.417 e. The van der Waals surface area contributed by atoms with Gasteiger partial charge in [0.2, 0.25) is 0 Å². The Hall–Kier alpha value is -5.08. The van der Waals surface area contributed by atoms with Crippen LogP contribution in [-0.4, -0.2) is 131 Å². The van der Waals surface area contributed by atoms with E-state index in [9.17, 15) is 18.4 Å². The zero-order valence-electron chi connectivity index (χ0n) is 42.3. The van der Waals surface area contributed by atoms with Gasteiger partial charge in [0, 0.05) is 97.7 Å². The number of amides is 3.